The number of nitrogens with zero attached hydrogens (tertiary/aromatic N) is 2. The van der Waals surface area contributed by atoms with Crippen molar-refractivity contribution in [1.82, 2.24) is 20.5 Å². The van der Waals surface area contributed by atoms with Gasteiger partial charge in [-0.1, -0.05) is 0 Å². The third-order valence-corrected chi connectivity index (χ3v) is 3.50. The first-order chi connectivity index (χ1) is 7.93. The Morgan fingerprint density at radius 3 is 3.00 bits per heavy atom. The molecule has 0 spiro atoms. The first-order valence-corrected chi connectivity index (χ1v) is 6.14. The van der Waals surface area contributed by atoms with Gasteiger partial charge in [-0.05, 0) is 25.8 Å². The highest BCUT2D eigenvalue weighted by Gasteiger charge is 2.24. The fourth-order valence-electron chi connectivity index (χ4n) is 2.48. The molecule has 16 heavy (non-hydrogen) atoms. The van der Waals surface area contributed by atoms with E-state index in [1.54, 1.807) is 0 Å². The van der Waals surface area contributed by atoms with E-state index in [9.17, 15) is 0 Å². The molecule has 0 aliphatic carbocycles. The predicted octanol–water partition coefficient (Wildman–Crippen LogP) is 0.776. The van der Waals surface area contributed by atoms with E-state index in [-0.39, 0.29) is 0 Å². The van der Waals surface area contributed by atoms with Crippen LogP contribution in [0.1, 0.15) is 42.7 Å². The molecular formula is C11H18N4O. The second-order valence-corrected chi connectivity index (χ2v) is 4.68. The summed E-state index contributed by atoms with van der Waals surface area (Å²) < 4.78 is 5.36. The van der Waals surface area contributed by atoms with Gasteiger partial charge in [0, 0.05) is 25.0 Å². The molecule has 2 aliphatic heterocycles. The molecule has 0 radical (unpaired) electrons. The van der Waals surface area contributed by atoms with Crippen molar-refractivity contribution < 1.29 is 4.74 Å². The summed E-state index contributed by atoms with van der Waals surface area (Å²) in [5.74, 6) is 2.91. The fraction of sp³-hybridized carbons (Fsp3) is 0.818. The highest BCUT2D eigenvalue weighted by molar-refractivity contribution is 5.04. The highest BCUT2D eigenvalue weighted by atomic mass is 16.5. The number of nitrogens with one attached hydrogen (secondary N) is 2. The molecular weight excluding hydrogens is 204 g/mol. The molecule has 5 nitrogen and oxygen atoms in total. The molecule has 5 heteroatoms. The van der Waals surface area contributed by atoms with Gasteiger partial charge in [0.05, 0.1) is 6.61 Å². The molecule has 3 heterocycles. The van der Waals surface area contributed by atoms with E-state index in [0.717, 1.165) is 44.4 Å². The Balaban J connectivity index is 1.71. The Kier molecular flexibility index (Phi) is 2.88. The second kappa shape index (κ2) is 4.51. The Hall–Kier alpha value is -0.940. The van der Waals surface area contributed by atoms with Crippen molar-refractivity contribution in [2.75, 3.05) is 26.3 Å². The maximum Gasteiger partial charge on any atom is 0.156 e. The van der Waals surface area contributed by atoms with E-state index in [2.05, 4.69) is 20.5 Å². The normalized spacial score (nSPS) is 30.8. The van der Waals surface area contributed by atoms with E-state index < -0.39 is 0 Å². The lowest BCUT2D eigenvalue weighted by molar-refractivity contribution is 0.193. The zero-order valence-electron chi connectivity index (χ0n) is 9.41. The number of piperidine rings is 1. The molecule has 2 saturated heterocycles. The molecule has 2 aliphatic rings. The van der Waals surface area contributed by atoms with Gasteiger partial charge >= 0.3 is 0 Å². The number of aromatic nitrogens is 3. The van der Waals surface area contributed by atoms with Crippen molar-refractivity contribution in [2.24, 2.45) is 0 Å². The first-order valence-electron chi connectivity index (χ1n) is 6.14. The average Bonchev–Trinajstić information content (AvgIpc) is 3.01. The Labute approximate surface area is 95.0 Å². The van der Waals surface area contributed by atoms with Gasteiger partial charge in [0.2, 0.25) is 0 Å². The second-order valence-electron chi connectivity index (χ2n) is 4.68. The number of hydrogen-bond acceptors (Lipinski definition) is 4. The summed E-state index contributed by atoms with van der Waals surface area (Å²) in [6.45, 7) is 3.78. The molecule has 0 aromatic carbocycles. The van der Waals surface area contributed by atoms with Crippen molar-refractivity contribution >= 4 is 0 Å². The number of aromatic amines is 1. The molecule has 2 fully saturated rings. The van der Waals surface area contributed by atoms with E-state index in [4.69, 9.17) is 4.74 Å². The van der Waals surface area contributed by atoms with Gasteiger partial charge in [-0.2, -0.15) is 5.10 Å². The van der Waals surface area contributed by atoms with Crippen molar-refractivity contribution in [3.63, 3.8) is 0 Å². The summed E-state index contributed by atoms with van der Waals surface area (Å²) >= 11 is 0. The molecule has 1 aromatic rings. The van der Waals surface area contributed by atoms with Crippen LogP contribution in [-0.4, -0.2) is 41.5 Å². The van der Waals surface area contributed by atoms with Gasteiger partial charge in [0.25, 0.3) is 0 Å². The van der Waals surface area contributed by atoms with Crippen LogP contribution in [0.25, 0.3) is 0 Å². The van der Waals surface area contributed by atoms with Crippen LogP contribution in [-0.2, 0) is 4.74 Å². The van der Waals surface area contributed by atoms with E-state index >= 15 is 0 Å². The quantitative estimate of drug-likeness (QED) is 0.776. The maximum atomic E-state index is 5.36. The SMILES string of the molecule is C1CNCC(c2nc(C3CCOC3)n[nH]2)C1. The zero-order valence-corrected chi connectivity index (χ0v) is 9.41. The van der Waals surface area contributed by atoms with Crippen molar-refractivity contribution in [3.05, 3.63) is 11.6 Å². The largest absolute Gasteiger partial charge is 0.381 e. The molecule has 0 saturated carbocycles. The Morgan fingerprint density at radius 2 is 2.25 bits per heavy atom. The number of hydrogen-bond donors (Lipinski definition) is 2. The number of ether oxygens (including phenoxy) is 1. The molecule has 2 unspecified atom stereocenters. The van der Waals surface area contributed by atoms with Crippen molar-refractivity contribution in [1.29, 1.82) is 0 Å². The monoisotopic (exact) mass is 222 g/mol. The lowest BCUT2D eigenvalue weighted by Gasteiger charge is -2.20. The number of H-pyrrole nitrogens is 1. The van der Waals surface area contributed by atoms with Crippen LogP contribution in [0.3, 0.4) is 0 Å². The van der Waals surface area contributed by atoms with Crippen LogP contribution < -0.4 is 5.32 Å². The fourth-order valence-corrected chi connectivity index (χ4v) is 2.48. The highest BCUT2D eigenvalue weighted by Crippen LogP contribution is 2.25. The summed E-state index contributed by atoms with van der Waals surface area (Å²) in [7, 11) is 0. The smallest absolute Gasteiger partial charge is 0.156 e. The molecule has 88 valence electrons. The molecule has 0 amide bonds. The molecule has 2 atom stereocenters. The van der Waals surface area contributed by atoms with Crippen LogP contribution in [0.5, 0.6) is 0 Å². The summed E-state index contributed by atoms with van der Waals surface area (Å²) in [6, 6.07) is 0. The van der Waals surface area contributed by atoms with E-state index in [1.165, 1.54) is 12.8 Å². The number of rotatable bonds is 2. The zero-order chi connectivity index (χ0) is 10.8. The van der Waals surface area contributed by atoms with Gasteiger partial charge < -0.3 is 10.1 Å². The predicted molar refractivity (Wildman–Crippen MR) is 59.4 cm³/mol. The minimum atomic E-state index is 0.404. The average molecular weight is 222 g/mol. The van der Waals surface area contributed by atoms with Crippen molar-refractivity contribution in [2.45, 2.75) is 31.1 Å². The van der Waals surface area contributed by atoms with Gasteiger partial charge in [0.1, 0.15) is 5.82 Å². The minimum absolute atomic E-state index is 0.404. The van der Waals surface area contributed by atoms with Gasteiger partial charge in [-0.15, -0.1) is 0 Å². The minimum Gasteiger partial charge on any atom is -0.381 e. The van der Waals surface area contributed by atoms with E-state index in [1.807, 2.05) is 0 Å². The molecule has 2 N–H and O–H groups in total. The van der Waals surface area contributed by atoms with Crippen LogP contribution in [0.15, 0.2) is 0 Å². The molecule has 3 rings (SSSR count). The van der Waals surface area contributed by atoms with Gasteiger partial charge in [-0.3, -0.25) is 5.10 Å². The summed E-state index contributed by atoms with van der Waals surface area (Å²) in [6.07, 6.45) is 3.50. The van der Waals surface area contributed by atoms with Crippen LogP contribution >= 0.6 is 0 Å². The standard InChI is InChI=1S/C11H18N4O/c1-2-8(6-12-4-1)10-13-11(15-14-10)9-3-5-16-7-9/h8-9,12H,1-7H2,(H,13,14,15). The maximum absolute atomic E-state index is 5.36. The third kappa shape index (κ3) is 1.97. The third-order valence-electron chi connectivity index (χ3n) is 3.50. The lowest BCUT2D eigenvalue weighted by atomic mass is 9.99. The Morgan fingerprint density at radius 1 is 1.25 bits per heavy atom. The summed E-state index contributed by atoms with van der Waals surface area (Å²) in [5, 5.41) is 10.8. The molecule has 0 bridgehead atoms. The molecule has 1 aromatic heterocycles. The van der Waals surface area contributed by atoms with Crippen molar-refractivity contribution in [3.8, 4) is 0 Å². The topological polar surface area (TPSA) is 62.8 Å². The van der Waals surface area contributed by atoms with Crippen LogP contribution in [0.4, 0.5) is 0 Å². The first kappa shape index (κ1) is 10.2. The van der Waals surface area contributed by atoms with Crippen LogP contribution in [0.2, 0.25) is 0 Å². The van der Waals surface area contributed by atoms with E-state index in [0.29, 0.717) is 11.8 Å². The summed E-state index contributed by atoms with van der Waals surface area (Å²) in [5.41, 5.74) is 0. The van der Waals surface area contributed by atoms with Gasteiger partial charge in [-0.25, -0.2) is 4.98 Å². The van der Waals surface area contributed by atoms with Crippen LogP contribution in [0, 0.1) is 0 Å². The lowest BCUT2D eigenvalue weighted by Crippen LogP contribution is -2.29. The van der Waals surface area contributed by atoms with Gasteiger partial charge in [0.15, 0.2) is 5.82 Å². The Bertz CT molecular complexity index is 340. The summed E-state index contributed by atoms with van der Waals surface area (Å²) in [4.78, 5) is 4.63.